The van der Waals surface area contributed by atoms with E-state index in [0.29, 0.717) is 0 Å². The van der Waals surface area contributed by atoms with Gasteiger partial charge < -0.3 is 5.32 Å². The first-order valence-electron chi connectivity index (χ1n) is 8.28. The molecule has 1 aliphatic carbocycles. The van der Waals surface area contributed by atoms with Gasteiger partial charge >= 0.3 is 0 Å². The minimum absolute atomic E-state index is 0.178. The van der Waals surface area contributed by atoms with Crippen LogP contribution in [0.25, 0.3) is 0 Å². The number of benzene rings is 2. The average Bonchev–Trinajstić information content (AvgIpc) is 3.07. The lowest BCUT2D eigenvalue weighted by Gasteiger charge is -2.11. The lowest BCUT2D eigenvalue weighted by Crippen LogP contribution is -2.20. The van der Waals surface area contributed by atoms with Crippen LogP contribution in [0.15, 0.2) is 52.3 Å². The van der Waals surface area contributed by atoms with Crippen molar-refractivity contribution in [3.05, 3.63) is 53.6 Å². The van der Waals surface area contributed by atoms with Gasteiger partial charge in [0.25, 0.3) is 0 Å². The Kier molecular flexibility index (Phi) is 5.06. The molecule has 0 radical (unpaired) electrons. The average molecular weight is 325 g/mol. The van der Waals surface area contributed by atoms with Crippen molar-refractivity contribution in [2.24, 2.45) is 5.92 Å². The van der Waals surface area contributed by atoms with Crippen molar-refractivity contribution in [1.29, 1.82) is 0 Å². The van der Waals surface area contributed by atoms with E-state index in [1.807, 2.05) is 12.1 Å². The minimum Gasteiger partial charge on any atom is -0.326 e. The highest BCUT2D eigenvalue weighted by Gasteiger charge is 2.22. The molecule has 0 aliphatic heterocycles. The summed E-state index contributed by atoms with van der Waals surface area (Å²) in [5, 5.41) is 3.05. The van der Waals surface area contributed by atoms with Gasteiger partial charge in [-0.15, -0.1) is 0 Å². The number of rotatable bonds is 4. The van der Waals surface area contributed by atoms with Gasteiger partial charge in [-0.2, -0.15) is 0 Å². The maximum absolute atomic E-state index is 12.2. The standard InChI is InChI=1S/C20H23NOS/c1-14-7-8-15(2)19(13-14)23-18-11-9-17(10-12-18)21-20(22)16-5-3-4-6-16/h7-13,16H,3-6H2,1-2H3,(H,21,22). The third-order valence-corrected chi connectivity index (χ3v) is 5.59. The van der Waals surface area contributed by atoms with E-state index in [2.05, 4.69) is 49.5 Å². The van der Waals surface area contributed by atoms with Crippen LogP contribution in [0.3, 0.4) is 0 Å². The Bertz CT molecular complexity index is 687. The molecule has 0 unspecified atom stereocenters. The molecule has 0 heterocycles. The van der Waals surface area contributed by atoms with Crippen molar-refractivity contribution in [2.75, 3.05) is 5.32 Å². The predicted molar refractivity (Wildman–Crippen MR) is 97.1 cm³/mol. The molecule has 1 aliphatic rings. The molecule has 0 bridgehead atoms. The second-order valence-corrected chi connectivity index (χ2v) is 7.48. The van der Waals surface area contributed by atoms with Gasteiger partial charge in [0.15, 0.2) is 0 Å². The fourth-order valence-corrected chi connectivity index (χ4v) is 3.98. The highest BCUT2D eigenvalue weighted by atomic mass is 32.2. The number of hydrogen-bond donors (Lipinski definition) is 1. The van der Waals surface area contributed by atoms with Crippen molar-refractivity contribution < 1.29 is 4.79 Å². The number of aryl methyl sites for hydroxylation is 2. The van der Waals surface area contributed by atoms with E-state index in [0.717, 1.165) is 18.5 Å². The van der Waals surface area contributed by atoms with Crippen molar-refractivity contribution in [3.8, 4) is 0 Å². The van der Waals surface area contributed by atoms with Crippen LogP contribution in [0.1, 0.15) is 36.8 Å². The van der Waals surface area contributed by atoms with Crippen molar-refractivity contribution in [3.63, 3.8) is 0 Å². The molecule has 2 aromatic rings. The number of anilines is 1. The van der Waals surface area contributed by atoms with Crippen LogP contribution in [0.4, 0.5) is 5.69 Å². The normalized spacial score (nSPS) is 14.9. The third kappa shape index (κ3) is 4.17. The summed E-state index contributed by atoms with van der Waals surface area (Å²) in [5.41, 5.74) is 3.46. The number of nitrogens with one attached hydrogen (secondary N) is 1. The van der Waals surface area contributed by atoms with Crippen molar-refractivity contribution >= 4 is 23.4 Å². The third-order valence-electron chi connectivity index (χ3n) is 4.42. The van der Waals surface area contributed by atoms with Crippen LogP contribution in [0, 0.1) is 19.8 Å². The largest absolute Gasteiger partial charge is 0.326 e. The van der Waals surface area contributed by atoms with Gasteiger partial charge in [0, 0.05) is 21.4 Å². The molecular formula is C20H23NOS. The fourth-order valence-electron chi connectivity index (χ4n) is 2.98. The summed E-state index contributed by atoms with van der Waals surface area (Å²) in [6.45, 7) is 4.25. The molecule has 3 rings (SSSR count). The van der Waals surface area contributed by atoms with Crippen LogP contribution >= 0.6 is 11.8 Å². The Hall–Kier alpha value is -1.74. The fraction of sp³-hybridized carbons (Fsp3) is 0.350. The van der Waals surface area contributed by atoms with E-state index in [9.17, 15) is 4.79 Å². The summed E-state index contributed by atoms with van der Waals surface area (Å²) in [6, 6.07) is 14.7. The molecule has 0 atom stereocenters. The predicted octanol–water partition coefficient (Wildman–Crippen LogP) is 5.58. The zero-order chi connectivity index (χ0) is 16.2. The highest BCUT2D eigenvalue weighted by Crippen LogP contribution is 2.32. The van der Waals surface area contributed by atoms with E-state index >= 15 is 0 Å². The molecule has 120 valence electrons. The molecule has 1 fully saturated rings. The monoisotopic (exact) mass is 325 g/mol. The molecule has 1 saturated carbocycles. The zero-order valence-electron chi connectivity index (χ0n) is 13.8. The molecule has 2 aromatic carbocycles. The first-order chi connectivity index (χ1) is 11.1. The highest BCUT2D eigenvalue weighted by molar-refractivity contribution is 7.99. The topological polar surface area (TPSA) is 29.1 Å². The second kappa shape index (κ2) is 7.22. The van der Waals surface area contributed by atoms with Gasteiger partial charge in [-0.25, -0.2) is 0 Å². The molecule has 0 saturated heterocycles. The first-order valence-corrected chi connectivity index (χ1v) is 9.09. The van der Waals surface area contributed by atoms with E-state index in [-0.39, 0.29) is 11.8 Å². The van der Waals surface area contributed by atoms with Gasteiger partial charge in [0.2, 0.25) is 5.91 Å². The lowest BCUT2D eigenvalue weighted by molar-refractivity contribution is -0.119. The molecule has 1 N–H and O–H groups in total. The Morgan fingerprint density at radius 1 is 1.04 bits per heavy atom. The molecule has 23 heavy (non-hydrogen) atoms. The Morgan fingerprint density at radius 2 is 1.74 bits per heavy atom. The Balaban J connectivity index is 1.64. The SMILES string of the molecule is Cc1ccc(C)c(Sc2ccc(NC(=O)C3CCCC3)cc2)c1. The number of hydrogen-bond acceptors (Lipinski definition) is 2. The molecule has 1 amide bonds. The lowest BCUT2D eigenvalue weighted by atomic mass is 10.1. The minimum atomic E-state index is 0.178. The Labute approximate surface area is 142 Å². The summed E-state index contributed by atoms with van der Waals surface area (Å²) < 4.78 is 0. The van der Waals surface area contributed by atoms with Crippen molar-refractivity contribution in [1.82, 2.24) is 0 Å². The van der Waals surface area contributed by atoms with E-state index in [4.69, 9.17) is 0 Å². The van der Waals surface area contributed by atoms with Crippen LogP contribution in [-0.2, 0) is 4.79 Å². The molecule has 0 aromatic heterocycles. The van der Waals surface area contributed by atoms with Crippen molar-refractivity contribution in [2.45, 2.75) is 49.3 Å². The summed E-state index contributed by atoms with van der Waals surface area (Å²) in [5.74, 6) is 0.386. The van der Waals surface area contributed by atoms with Gasteiger partial charge in [0.1, 0.15) is 0 Å². The molecular weight excluding hydrogens is 302 g/mol. The summed E-state index contributed by atoms with van der Waals surface area (Å²) >= 11 is 1.77. The van der Waals surface area contributed by atoms with E-state index in [1.165, 1.54) is 33.8 Å². The zero-order valence-corrected chi connectivity index (χ0v) is 14.6. The molecule has 0 spiro atoms. The van der Waals surface area contributed by atoms with Crippen LogP contribution in [0.5, 0.6) is 0 Å². The summed E-state index contributed by atoms with van der Waals surface area (Å²) in [6.07, 6.45) is 4.44. The van der Waals surface area contributed by atoms with Crippen LogP contribution in [0.2, 0.25) is 0 Å². The number of carbonyl (C=O) groups is 1. The van der Waals surface area contributed by atoms with Gasteiger partial charge in [-0.1, -0.05) is 36.7 Å². The van der Waals surface area contributed by atoms with Gasteiger partial charge in [-0.3, -0.25) is 4.79 Å². The van der Waals surface area contributed by atoms with Crippen LogP contribution in [-0.4, -0.2) is 5.91 Å². The maximum atomic E-state index is 12.2. The number of carbonyl (C=O) groups excluding carboxylic acids is 1. The maximum Gasteiger partial charge on any atom is 0.227 e. The van der Waals surface area contributed by atoms with E-state index < -0.39 is 0 Å². The smallest absolute Gasteiger partial charge is 0.227 e. The van der Waals surface area contributed by atoms with Gasteiger partial charge in [0.05, 0.1) is 0 Å². The summed E-state index contributed by atoms with van der Waals surface area (Å²) in [4.78, 5) is 14.6. The quantitative estimate of drug-likeness (QED) is 0.794. The van der Waals surface area contributed by atoms with Gasteiger partial charge in [-0.05, 0) is 68.1 Å². The summed E-state index contributed by atoms with van der Waals surface area (Å²) in [7, 11) is 0. The van der Waals surface area contributed by atoms with Crippen LogP contribution < -0.4 is 5.32 Å². The number of amides is 1. The molecule has 2 nitrogen and oxygen atoms in total. The Morgan fingerprint density at radius 3 is 2.43 bits per heavy atom. The molecule has 3 heteroatoms. The first kappa shape index (κ1) is 16.1. The second-order valence-electron chi connectivity index (χ2n) is 6.37. The van der Waals surface area contributed by atoms with E-state index in [1.54, 1.807) is 11.8 Å².